The van der Waals surface area contributed by atoms with E-state index in [4.69, 9.17) is 0 Å². The minimum absolute atomic E-state index is 0.0109. The standard InChI is InChI=1S/C22H29IN2/c1-3-5-10-19(22(23)13-6-4-2)14-15-21(20(16-24)17-25)18-11-8-7-9-12-18/h7-9,11-12,20-21H,3-6,10,13-15H2,1-2H3/b22-19-. The van der Waals surface area contributed by atoms with Crippen LogP contribution in [0.25, 0.3) is 0 Å². The van der Waals surface area contributed by atoms with Crippen molar-refractivity contribution in [1.82, 2.24) is 0 Å². The molecule has 0 saturated heterocycles. The molecule has 25 heavy (non-hydrogen) atoms. The summed E-state index contributed by atoms with van der Waals surface area (Å²) >= 11 is 2.51. The second-order valence-corrected chi connectivity index (χ2v) is 7.81. The molecule has 0 radical (unpaired) electrons. The summed E-state index contributed by atoms with van der Waals surface area (Å²) in [7, 11) is 0. The zero-order valence-electron chi connectivity index (χ0n) is 15.5. The van der Waals surface area contributed by atoms with Gasteiger partial charge in [0.25, 0.3) is 0 Å². The Kier molecular flexibility index (Phi) is 11.2. The molecule has 0 N–H and O–H groups in total. The fourth-order valence-corrected chi connectivity index (χ4v) is 3.98. The van der Waals surface area contributed by atoms with Crippen LogP contribution in [0, 0.1) is 28.6 Å². The number of rotatable bonds is 11. The highest BCUT2D eigenvalue weighted by Gasteiger charge is 2.23. The summed E-state index contributed by atoms with van der Waals surface area (Å²) in [5.41, 5.74) is 2.64. The maximum atomic E-state index is 9.40. The van der Waals surface area contributed by atoms with Gasteiger partial charge in [-0.15, -0.1) is 0 Å². The van der Waals surface area contributed by atoms with Crippen molar-refractivity contribution in [3.8, 4) is 12.1 Å². The molecule has 0 aromatic heterocycles. The van der Waals surface area contributed by atoms with E-state index in [1.807, 2.05) is 30.3 Å². The van der Waals surface area contributed by atoms with E-state index in [-0.39, 0.29) is 5.92 Å². The van der Waals surface area contributed by atoms with Crippen molar-refractivity contribution in [2.24, 2.45) is 5.92 Å². The largest absolute Gasteiger partial charge is 0.197 e. The van der Waals surface area contributed by atoms with Crippen molar-refractivity contribution in [2.75, 3.05) is 0 Å². The van der Waals surface area contributed by atoms with E-state index in [1.165, 1.54) is 34.8 Å². The Morgan fingerprint density at radius 3 is 2.12 bits per heavy atom. The Balaban J connectivity index is 2.94. The van der Waals surface area contributed by atoms with Crippen LogP contribution >= 0.6 is 22.6 Å². The predicted molar refractivity (Wildman–Crippen MR) is 113 cm³/mol. The average Bonchev–Trinajstić information content (AvgIpc) is 2.66. The number of allylic oxidation sites excluding steroid dienone is 2. The Labute approximate surface area is 167 Å². The van der Waals surface area contributed by atoms with Gasteiger partial charge in [0.05, 0.1) is 12.1 Å². The lowest BCUT2D eigenvalue weighted by molar-refractivity contribution is 0.552. The van der Waals surface area contributed by atoms with Gasteiger partial charge in [0, 0.05) is 5.92 Å². The fraction of sp³-hybridized carbons (Fsp3) is 0.545. The molecule has 1 atom stereocenters. The lowest BCUT2D eigenvalue weighted by Gasteiger charge is -2.20. The highest BCUT2D eigenvalue weighted by molar-refractivity contribution is 14.1. The molecule has 3 heteroatoms. The van der Waals surface area contributed by atoms with Crippen molar-refractivity contribution in [2.45, 2.75) is 71.1 Å². The van der Waals surface area contributed by atoms with Crippen LogP contribution in [0.4, 0.5) is 0 Å². The van der Waals surface area contributed by atoms with Gasteiger partial charge in [-0.2, -0.15) is 10.5 Å². The molecule has 134 valence electrons. The van der Waals surface area contributed by atoms with Gasteiger partial charge in [-0.1, -0.05) is 62.6 Å². The van der Waals surface area contributed by atoms with Crippen LogP contribution in [0.5, 0.6) is 0 Å². The smallest absolute Gasteiger partial charge is 0.140 e. The first kappa shape index (κ1) is 21.7. The molecule has 0 bridgehead atoms. The van der Waals surface area contributed by atoms with Crippen molar-refractivity contribution in [1.29, 1.82) is 10.5 Å². The number of hydrogen-bond acceptors (Lipinski definition) is 2. The van der Waals surface area contributed by atoms with Gasteiger partial charge in [0.15, 0.2) is 0 Å². The van der Waals surface area contributed by atoms with Gasteiger partial charge in [-0.25, -0.2) is 0 Å². The molecule has 1 aromatic carbocycles. The maximum Gasteiger partial charge on any atom is 0.140 e. The highest BCUT2D eigenvalue weighted by Crippen LogP contribution is 2.34. The Bertz CT molecular complexity index is 593. The Hall–Kier alpha value is -1.33. The fourth-order valence-electron chi connectivity index (χ4n) is 3.06. The molecule has 0 amide bonds. The lowest BCUT2D eigenvalue weighted by atomic mass is 9.82. The van der Waals surface area contributed by atoms with Crippen LogP contribution in [-0.4, -0.2) is 0 Å². The third-order valence-electron chi connectivity index (χ3n) is 4.63. The van der Waals surface area contributed by atoms with Gasteiger partial charge >= 0.3 is 0 Å². The van der Waals surface area contributed by atoms with E-state index in [1.54, 1.807) is 0 Å². The molecule has 1 unspecified atom stereocenters. The molecular weight excluding hydrogens is 419 g/mol. The van der Waals surface area contributed by atoms with E-state index >= 15 is 0 Å². The van der Waals surface area contributed by atoms with Crippen LogP contribution < -0.4 is 0 Å². The molecule has 1 rings (SSSR count). The summed E-state index contributed by atoms with van der Waals surface area (Å²) in [6.07, 6.45) is 9.01. The van der Waals surface area contributed by atoms with Crippen molar-refractivity contribution < 1.29 is 0 Å². The van der Waals surface area contributed by atoms with E-state index in [2.05, 4.69) is 48.6 Å². The SMILES string of the molecule is CCCC/C(I)=C(\CCCC)CCC(c1ccccc1)C(C#N)C#N. The lowest BCUT2D eigenvalue weighted by Crippen LogP contribution is -2.10. The zero-order chi connectivity index (χ0) is 18.5. The van der Waals surface area contributed by atoms with Crippen LogP contribution in [-0.2, 0) is 0 Å². The van der Waals surface area contributed by atoms with E-state index in [0.29, 0.717) is 0 Å². The van der Waals surface area contributed by atoms with Crippen LogP contribution in [0.1, 0.15) is 76.7 Å². The summed E-state index contributed by atoms with van der Waals surface area (Å²) in [4.78, 5) is 0. The third-order valence-corrected chi connectivity index (χ3v) is 5.93. The summed E-state index contributed by atoms with van der Waals surface area (Å²) in [6.45, 7) is 4.45. The number of nitrogens with zero attached hydrogens (tertiary/aromatic N) is 2. The second-order valence-electron chi connectivity index (χ2n) is 6.51. The molecule has 0 aliphatic rings. The molecule has 2 nitrogen and oxygen atoms in total. The van der Waals surface area contributed by atoms with Gasteiger partial charge in [0.2, 0.25) is 0 Å². The average molecular weight is 448 g/mol. The van der Waals surface area contributed by atoms with Crippen LogP contribution in [0.3, 0.4) is 0 Å². The van der Waals surface area contributed by atoms with Gasteiger partial charge in [-0.3, -0.25) is 0 Å². The third kappa shape index (κ3) is 7.61. The molecular formula is C22H29IN2. The first-order valence-corrected chi connectivity index (χ1v) is 10.5. The van der Waals surface area contributed by atoms with Gasteiger partial charge < -0.3 is 0 Å². The maximum absolute atomic E-state index is 9.40. The first-order chi connectivity index (χ1) is 12.2. The van der Waals surface area contributed by atoms with E-state index in [9.17, 15) is 10.5 Å². The molecule has 0 saturated carbocycles. The quantitative estimate of drug-likeness (QED) is 0.334. The van der Waals surface area contributed by atoms with Gasteiger partial charge in [0.1, 0.15) is 5.92 Å². The Morgan fingerprint density at radius 2 is 1.56 bits per heavy atom. The molecule has 0 spiro atoms. The monoisotopic (exact) mass is 448 g/mol. The number of unbranched alkanes of at least 4 members (excludes halogenated alkanes) is 2. The van der Waals surface area contributed by atoms with Crippen molar-refractivity contribution in [3.05, 3.63) is 45.0 Å². The van der Waals surface area contributed by atoms with Gasteiger partial charge in [-0.05, 0) is 70.3 Å². The molecule has 0 heterocycles. The minimum Gasteiger partial charge on any atom is -0.197 e. The number of benzene rings is 1. The predicted octanol–water partition coefficient (Wildman–Crippen LogP) is 7.28. The summed E-state index contributed by atoms with van der Waals surface area (Å²) in [5, 5.41) is 18.8. The van der Waals surface area contributed by atoms with Crippen LogP contribution in [0.15, 0.2) is 39.5 Å². The van der Waals surface area contributed by atoms with Crippen molar-refractivity contribution in [3.63, 3.8) is 0 Å². The number of hydrogen-bond donors (Lipinski definition) is 0. The Morgan fingerprint density at radius 1 is 0.960 bits per heavy atom. The van der Waals surface area contributed by atoms with Crippen LogP contribution in [0.2, 0.25) is 0 Å². The molecule has 0 fully saturated rings. The number of nitriles is 2. The minimum atomic E-state index is -0.580. The summed E-state index contributed by atoms with van der Waals surface area (Å²) in [5.74, 6) is -0.591. The van der Waals surface area contributed by atoms with E-state index < -0.39 is 5.92 Å². The zero-order valence-corrected chi connectivity index (χ0v) is 17.6. The van der Waals surface area contributed by atoms with Crippen molar-refractivity contribution >= 4 is 22.6 Å². The molecule has 1 aromatic rings. The normalized spacial score (nSPS) is 13.0. The molecule has 0 aliphatic heterocycles. The highest BCUT2D eigenvalue weighted by atomic mass is 127. The first-order valence-electron chi connectivity index (χ1n) is 9.38. The number of halogens is 1. The second kappa shape index (κ2) is 13.0. The summed E-state index contributed by atoms with van der Waals surface area (Å²) in [6, 6.07) is 14.5. The molecule has 0 aliphatic carbocycles. The topological polar surface area (TPSA) is 47.6 Å². The van der Waals surface area contributed by atoms with E-state index in [0.717, 1.165) is 31.2 Å². The summed E-state index contributed by atoms with van der Waals surface area (Å²) < 4.78 is 1.49.